The molecule has 2 aliphatic rings. The monoisotopic (exact) mass is 643 g/mol. The molecule has 1 aromatic heterocycles. The Kier molecular flexibility index (Phi) is 12.3. The van der Waals surface area contributed by atoms with E-state index in [2.05, 4.69) is 10.3 Å². The predicted molar refractivity (Wildman–Crippen MR) is 170 cm³/mol. The van der Waals surface area contributed by atoms with Gasteiger partial charge in [0.1, 0.15) is 17.5 Å². The molecule has 0 aliphatic carbocycles. The first-order chi connectivity index (χ1) is 21.7. The lowest BCUT2D eigenvalue weighted by Gasteiger charge is -2.37. The first-order valence-corrected chi connectivity index (χ1v) is 15.6. The molecule has 3 heterocycles. The summed E-state index contributed by atoms with van der Waals surface area (Å²) in [6, 6.07) is 0. The fraction of sp³-hybridized carbons (Fsp3) is 0.588. The number of cyclic esters (lactones) is 1. The number of hydrogen-bond acceptors (Lipinski definition) is 10. The van der Waals surface area contributed by atoms with E-state index < -0.39 is 65.2 Å². The molecule has 0 bridgehead atoms. The van der Waals surface area contributed by atoms with E-state index in [1.54, 1.807) is 45.2 Å². The number of nitrogens with one attached hydrogen (secondary N) is 1. The molecule has 3 rings (SSSR count). The van der Waals surface area contributed by atoms with Crippen LogP contribution < -0.4 is 5.32 Å². The summed E-state index contributed by atoms with van der Waals surface area (Å²) in [7, 11) is 1.36. The molecule has 1 aromatic rings. The highest BCUT2D eigenvalue weighted by Crippen LogP contribution is 2.52. The smallest absolute Gasteiger partial charge is 0.338 e. The molecule has 2 fully saturated rings. The second-order valence-electron chi connectivity index (χ2n) is 13.0. The minimum atomic E-state index is -1.94. The minimum absolute atomic E-state index is 0.0623. The third kappa shape index (κ3) is 7.20. The Hall–Kier alpha value is -3.58. The van der Waals surface area contributed by atoms with Crippen LogP contribution in [0.2, 0.25) is 0 Å². The van der Waals surface area contributed by atoms with Crippen molar-refractivity contribution in [3.05, 3.63) is 67.0 Å². The van der Waals surface area contributed by atoms with Crippen molar-refractivity contribution >= 4 is 17.8 Å². The Labute approximate surface area is 270 Å². The second-order valence-corrected chi connectivity index (χ2v) is 13.0. The van der Waals surface area contributed by atoms with Gasteiger partial charge in [0, 0.05) is 20.0 Å². The average molecular weight is 644 g/mol. The van der Waals surface area contributed by atoms with Crippen molar-refractivity contribution in [3.63, 3.8) is 0 Å². The molecule has 8 atom stereocenters. The van der Waals surface area contributed by atoms with Gasteiger partial charge in [-0.25, -0.2) is 9.78 Å². The van der Waals surface area contributed by atoms with Gasteiger partial charge in [-0.2, -0.15) is 0 Å². The van der Waals surface area contributed by atoms with Crippen molar-refractivity contribution in [3.8, 4) is 0 Å². The van der Waals surface area contributed by atoms with Gasteiger partial charge >= 0.3 is 5.97 Å². The number of esters is 1. The molecule has 0 saturated carbocycles. The number of ether oxygens (including phenoxy) is 1. The van der Waals surface area contributed by atoms with E-state index in [4.69, 9.17) is 9.15 Å². The summed E-state index contributed by atoms with van der Waals surface area (Å²) in [4.78, 5) is 43.2. The zero-order chi connectivity index (χ0) is 34.3. The van der Waals surface area contributed by atoms with E-state index >= 15 is 0 Å². The number of likely N-dealkylation sites (tertiary alicyclic amines) is 1. The summed E-state index contributed by atoms with van der Waals surface area (Å²) >= 11 is 0. The zero-order valence-electron chi connectivity index (χ0n) is 27.5. The van der Waals surface area contributed by atoms with E-state index in [1.165, 1.54) is 26.4 Å². The number of aromatic nitrogens is 1. The van der Waals surface area contributed by atoms with Crippen LogP contribution in [0.4, 0.5) is 0 Å². The van der Waals surface area contributed by atoms with Gasteiger partial charge in [-0.1, -0.05) is 69.4 Å². The fourth-order valence-electron chi connectivity index (χ4n) is 6.30. The lowest BCUT2D eigenvalue weighted by Crippen LogP contribution is -2.64. The lowest BCUT2D eigenvalue weighted by molar-refractivity contribution is -0.156. The quantitative estimate of drug-likeness (QED) is 0.132. The van der Waals surface area contributed by atoms with E-state index in [9.17, 15) is 34.8 Å². The number of carbonyl (C=O) groups is 3. The maximum Gasteiger partial charge on any atom is 0.338 e. The third-order valence-corrected chi connectivity index (χ3v) is 9.57. The van der Waals surface area contributed by atoms with Crippen molar-refractivity contribution in [1.82, 2.24) is 15.2 Å². The molecule has 254 valence electrons. The van der Waals surface area contributed by atoms with Crippen LogP contribution >= 0.6 is 0 Å². The summed E-state index contributed by atoms with van der Waals surface area (Å²) in [5.74, 6) is -2.46. The summed E-state index contributed by atoms with van der Waals surface area (Å²) < 4.78 is 10.6. The van der Waals surface area contributed by atoms with E-state index in [1.807, 2.05) is 31.2 Å². The highest BCUT2D eigenvalue weighted by molar-refractivity contribution is 5.98. The Morgan fingerprint density at radius 2 is 1.80 bits per heavy atom. The Morgan fingerprint density at radius 3 is 2.46 bits per heavy atom. The van der Waals surface area contributed by atoms with Gasteiger partial charge in [-0.3, -0.25) is 9.59 Å². The number of amides is 2. The molecule has 2 saturated heterocycles. The molecule has 12 nitrogen and oxygen atoms in total. The van der Waals surface area contributed by atoms with E-state index in [0.717, 1.165) is 10.7 Å². The normalized spacial score (nSPS) is 28.0. The topological polar surface area (TPSA) is 183 Å². The van der Waals surface area contributed by atoms with Crippen LogP contribution in [0.3, 0.4) is 0 Å². The summed E-state index contributed by atoms with van der Waals surface area (Å²) in [5, 5.41) is 46.0. The first kappa shape index (κ1) is 36.9. The molecule has 0 spiro atoms. The molecular formula is C34H49N3O9. The number of oxazole rings is 1. The molecule has 12 heteroatoms. The van der Waals surface area contributed by atoms with Gasteiger partial charge in [0.05, 0.1) is 36.3 Å². The van der Waals surface area contributed by atoms with Gasteiger partial charge in [-0.15, -0.1) is 0 Å². The summed E-state index contributed by atoms with van der Waals surface area (Å²) in [5.41, 5.74) is -4.84. The van der Waals surface area contributed by atoms with Gasteiger partial charge in [0.15, 0.2) is 11.9 Å². The molecule has 0 radical (unpaired) electrons. The predicted octanol–water partition coefficient (Wildman–Crippen LogP) is 1.85. The van der Waals surface area contributed by atoms with Gasteiger partial charge in [-0.05, 0) is 38.5 Å². The van der Waals surface area contributed by atoms with Crippen LogP contribution in [0.25, 0.3) is 0 Å². The Morgan fingerprint density at radius 1 is 1.13 bits per heavy atom. The van der Waals surface area contributed by atoms with Crippen LogP contribution in [0.15, 0.2) is 65.6 Å². The number of fused-ring (bicyclic) bond motifs is 1. The second kappa shape index (κ2) is 15.3. The van der Waals surface area contributed by atoms with Crippen molar-refractivity contribution < 1.29 is 44.0 Å². The fourth-order valence-corrected chi connectivity index (χ4v) is 6.30. The standard InChI is InChI=1S/C34H49N3O9/c1-22(14-10-7-8-11-15-25-19-35-21-45-25)28(40)32(4,5)30(42)36-17-13-9-12-16-26(39)23(2)18-27-34(44)24(3)29(41)37(6)33(34,20-38)31(43)46-27/h7-13,16,19,21-24,26-28,38-40,44H,14-15,17-18,20H2,1-6H3,(H,36,42)/b10-7-,11-8+,13-9+,16-12+/t22?,23-,24+,26+,27+,28-,33-,34-/m1/s1. The van der Waals surface area contributed by atoms with E-state index in [-0.39, 0.29) is 24.8 Å². The number of aliphatic hydroxyl groups is 4. The lowest BCUT2D eigenvalue weighted by atomic mass is 9.72. The summed E-state index contributed by atoms with van der Waals surface area (Å²) in [6.07, 6.45) is 15.6. The number of rotatable bonds is 16. The SMILES string of the molecule is CC(C/C=C\C=C\Cc1cnco1)[C@@H](O)C(C)(C)C(=O)NC/C=C/C=C/[C@H](O)[C@H](C)C[C@@H]1OC(=O)[C@@]2(CO)N(C)C(=O)[C@H](C)[C@@]12O. The number of hydrogen-bond donors (Lipinski definition) is 5. The van der Waals surface area contributed by atoms with Crippen molar-refractivity contribution in [2.75, 3.05) is 20.2 Å². The highest BCUT2D eigenvalue weighted by atomic mass is 16.6. The average Bonchev–Trinajstić information content (AvgIpc) is 3.66. The van der Waals surface area contributed by atoms with Gasteiger partial charge in [0.25, 0.3) is 0 Å². The molecule has 0 aromatic carbocycles. The van der Waals surface area contributed by atoms with Gasteiger partial charge in [0.2, 0.25) is 11.8 Å². The zero-order valence-corrected chi connectivity index (χ0v) is 27.5. The molecule has 2 aliphatic heterocycles. The number of likely N-dealkylation sites (N-methyl/N-ethyl adjacent to an activating group) is 1. The van der Waals surface area contributed by atoms with Crippen LogP contribution in [0.5, 0.6) is 0 Å². The summed E-state index contributed by atoms with van der Waals surface area (Å²) in [6.45, 7) is 7.96. The molecular weight excluding hydrogens is 594 g/mol. The molecule has 5 N–H and O–H groups in total. The van der Waals surface area contributed by atoms with Crippen molar-refractivity contribution in [2.24, 2.45) is 23.2 Å². The number of allylic oxidation sites excluding steroid dienone is 6. The Balaban J connectivity index is 1.44. The molecule has 2 amide bonds. The maximum atomic E-state index is 12.9. The number of carbonyl (C=O) groups excluding carboxylic acids is 3. The molecule has 1 unspecified atom stereocenters. The van der Waals surface area contributed by atoms with Crippen LogP contribution in [0.1, 0.15) is 53.2 Å². The van der Waals surface area contributed by atoms with Crippen LogP contribution in [-0.4, -0.2) is 97.7 Å². The molecule has 46 heavy (non-hydrogen) atoms. The first-order valence-electron chi connectivity index (χ1n) is 15.6. The van der Waals surface area contributed by atoms with Crippen LogP contribution in [-0.2, 0) is 25.5 Å². The number of nitrogens with zero attached hydrogens (tertiary/aromatic N) is 2. The minimum Gasteiger partial charge on any atom is -0.457 e. The van der Waals surface area contributed by atoms with Crippen molar-refractivity contribution in [1.29, 1.82) is 0 Å². The van der Waals surface area contributed by atoms with Crippen molar-refractivity contribution in [2.45, 2.75) is 83.3 Å². The van der Waals surface area contributed by atoms with E-state index in [0.29, 0.717) is 12.8 Å². The number of aliphatic hydroxyl groups excluding tert-OH is 3. The maximum absolute atomic E-state index is 12.9. The van der Waals surface area contributed by atoms with Gasteiger partial charge < -0.3 is 39.8 Å². The van der Waals surface area contributed by atoms with Crippen LogP contribution in [0, 0.1) is 23.2 Å². The Bertz CT molecular complexity index is 1320. The third-order valence-electron chi connectivity index (χ3n) is 9.57. The largest absolute Gasteiger partial charge is 0.457 e. The highest BCUT2D eigenvalue weighted by Gasteiger charge is 2.77.